The van der Waals surface area contributed by atoms with Crippen molar-refractivity contribution in [2.75, 3.05) is 6.54 Å². The molecule has 0 unspecified atom stereocenters. The highest BCUT2D eigenvalue weighted by molar-refractivity contribution is 6.30. The number of piperidine rings is 1. The van der Waals surface area contributed by atoms with Crippen molar-refractivity contribution in [3.05, 3.63) is 71.0 Å². The molecule has 0 spiro atoms. The fourth-order valence-corrected chi connectivity index (χ4v) is 4.51. The second-order valence-electron chi connectivity index (χ2n) is 8.11. The molecule has 0 bridgehead atoms. The second kappa shape index (κ2) is 9.52. The van der Waals surface area contributed by atoms with Crippen molar-refractivity contribution < 1.29 is 4.79 Å². The SMILES string of the molecule is Cc1cccc(C(=O)N2CCC[C@@H](C)[C@H]2CCc2ncc(Cl)cn2)c1-c1ncccn1. The van der Waals surface area contributed by atoms with Crippen LogP contribution in [0.25, 0.3) is 11.4 Å². The summed E-state index contributed by atoms with van der Waals surface area (Å²) in [5.41, 5.74) is 2.47. The van der Waals surface area contributed by atoms with E-state index >= 15 is 0 Å². The topological polar surface area (TPSA) is 71.9 Å². The van der Waals surface area contributed by atoms with Crippen molar-refractivity contribution in [3.63, 3.8) is 0 Å². The largest absolute Gasteiger partial charge is 0.335 e. The van der Waals surface area contributed by atoms with E-state index in [1.807, 2.05) is 30.0 Å². The van der Waals surface area contributed by atoms with Gasteiger partial charge in [-0.25, -0.2) is 19.9 Å². The molecule has 7 heteroatoms. The minimum absolute atomic E-state index is 0.0414. The molecule has 3 heterocycles. The zero-order valence-corrected chi connectivity index (χ0v) is 18.6. The molecule has 1 saturated heterocycles. The van der Waals surface area contributed by atoms with Crippen LogP contribution in [0.1, 0.15) is 47.9 Å². The molecule has 31 heavy (non-hydrogen) atoms. The minimum atomic E-state index is 0.0414. The number of rotatable bonds is 5. The molecule has 1 aliphatic rings. The third-order valence-electron chi connectivity index (χ3n) is 6.01. The summed E-state index contributed by atoms with van der Waals surface area (Å²) in [4.78, 5) is 33.3. The molecule has 1 aliphatic heterocycles. The maximum atomic E-state index is 13.8. The number of hydrogen-bond donors (Lipinski definition) is 0. The first-order chi connectivity index (χ1) is 15.0. The van der Waals surface area contributed by atoms with Crippen molar-refractivity contribution in [1.82, 2.24) is 24.8 Å². The number of halogens is 1. The van der Waals surface area contributed by atoms with Crippen LogP contribution in [0.2, 0.25) is 5.02 Å². The summed E-state index contributed by atoms with van der Waals surface area (Å²) in [5, 5.41) is 0.529. The monoisotopic (exact) mass is 435 g/mol. The number of aryl methyl sites for hydroxylation is 2. The number of benzene rings is 1. The third-order valence-corrected chi connectivity index (χ3v) is 6.20. The molecule has 0 N–H and O–H groups in total. The second-order valence-corrected chi connectivity index (χ2v) is 8.55. The molecular weight excluding hydrogens is 410 g/mol. The Kier molecular flexibility index (Phi) is 6.56. The van der Waals surface area contributed by atoms with Gasteiger partial charge in [-0.05, 0) is 49.8 Å². The van der Waals surface area contributed by atoms with Gasteiger partial charge in [-0.1, -0.05) is 30.7 Å². The Hall–Kier alpha value is -2.86. The summed E-state index contributed by atoms with van der Waals surface area (Å²) in [6.07, 6.45) is 10.3. The number of carbonyl (C=O) groups excluding carboxylic acids is 1. The fraction of sp³-hybridized carbons (Fsp3) is 0.375. The van der Waals surface area contributed by atoms with Crippen LogP contribution in [0.5, 0.6) is 0 Å². The first kappa shape index (κ1) is 21.4. The van der Waals surface area contributed by atoms with E-state index in [4.69, 9.17) is 11.6 Å². The highest BCUT2D eigenvalue weighted by atomic mass is 35.5. The van der Waals surface area contributed by atoms with Crippen LogP contribution in [0.4, 0.5) is 0 Å². The summed E-state index contributed by atoms with van der Waals surface area (Å²) in [6.45, 7) is 4.97. The molecule has 0 saturated carbocycles. The Balaban J connectivity index is 1.62. The van der Waals surface area contributed by atoms with Gasteiger partial charge in [0.2, 0.25) is 0 Å². The Labute approximate surface area is 187 Å². The minimum Gasteiger partial charge on any atom is -0.335 e. The number of likely N-dealkylation sites (tertiary alicyclic amines) is 1. The average molecular weight is 436 g/mol. The first-order valence-electron chi connectivity index (χ1n) is 10.7. The lowest BCUT2D eigenvalue weighted by Gasteiger charge is -2.40. The fourth-order valence-electron chi connectivity index (χ4n) is 4.41. The van der Waals surface area contributed by atoms with Crippen LogP contribution in [0.3, 0.4) is 0 Å². The predicted molar refractivity (Wildman–Crippen MR) is 121 cm³/mol. The van der Waals surface area contributed by atoms with Gasteiger partial charge in [-0.15, -0.1) is 0 Å². The standard InChI is InChI=1S/C24H26ClN5O/c1-16-7-4-13-30(20(16)9-10-21-28-14-18(25)15-29-21)24(31)19-8-3-6-17(2)22(19)23-26-11-5-12-27-23/h3,5-6,8,11-12,14-16,20H,4,7,9-10,13H2,1-2H3/t16-,20-/m1/s1. The molecular formula is C24H26ClN5O. The van der Waals surface area contributed by atoms with Gasteiger partial charge >= 0.3 is 0 Å². The van der Waals surface area contributed by atoms with Crippen LogP contribution < -0.4 is 0 Å². The lowest BCUT2D eigenvalue weighted by atomic mass is 9.86. The average Bonchev–Trinajstić information content (AvgIpc) is 2.79. The van der Waals surface area contributed by atoms with E-state index in [1.165, 1.54) is 0 Å². The molecule has 2 aromatic heterocycles. The normalized spacial score (nSPS) is 18.7. The van der Waals surface area contributed by atoms with Gasteiger partial charge in [0.15, 0.2) is 5.82 Å². The summed E-state index contributed by atoms with van der Waals surface area (Å²) in [7, 11) is 0. The van der Waals surface area contributed by atoms with Crippen molar-refractivity contribution in [2.45, 2.75) is 45.6 Å². The van der Waals surface area contributed by atoms with Crippen LogP contribution in [-0.4, -0.2) is 43.3 Å². The van der Waals surface area contributed by atoms with Crippen molar-refractivity contribution >= 4 is 17.5 Å². The molecule has 160 valence electrons. The van der Waals surface area contributed by atoms with Gasteiger partial charge in [0.1, 0.15) is 5.82 Å². The van der Waals surface area contributed by atoms with Crippen LogP contribution in [0, 0.1) is 12.8 Å². The Morgan fingerprint density at radius 3 is 2.61 bits per heavy atom. The smallest absolute Gasteiger partial charge is 0.254 e. The van der Waals surface area contributed by atoms with Crippen LogP contribution >= 0.6 is 11.6 Å². The molecule has 1 fully saturated rings. The number of aromatic nitrogens is 4. The van der Waals surface area contributed by atoms with E-state index in [-0.39, 0.29) is 11.9 Å². The third kappa shape index (κ3) is 4.74. The highest BCUT2D eigenvalue weighted by Crippen LogP contribution is 2.31. The molecule has 3 aromatic rings. The lowest BCUT2D eigenvalue weighted by molar-refractivity contribution is 0.0499. The summed E-state index contributed by atoms with van der Waals surface area (Å²) >= 11 is 5.91. The Bertz CT molecular complexity index is 1040. The van der Waals surface area contributed by atoms with Gasteiger partial charge in [0, 0.05) is 49.4 Å². The number of carbonyl (C=O) groups is 1. The summed E-state index contributed by atoms with van der Waals surface area (Å²) < 4.78 is 0. The highest BCUT2D eigenvalue weighted by Gasteiger charge is 2.33. The molecule has 1 amide bonds. The molecule has 0 aliphatic carbocycles. The summed E-state index contributed by atoms with van der Waals surface area (Å²) in [6, 6.07) is 7.73. The predicted octanol–water partition coefficient (Wildman–Crippen LogP) is 4.77. The number of nitrogens with zero attached hydrogens (tertiary/aromatic N) is 5. The van der Waals surface area contributed by atoms with E-state index in [0.29, 0.717) is 28.7 Å². The van der Waals surface area contributed by atoms with Crippen molar-refractivity contribution in [1.29, 1.82) is 0 Å². The van der Waals surface area contributed by atoms with Crippen molar-refractivity contribution in [3.8, 4) is 11.4 Å². The van der Waals surface area contributed by atoms with E-state index in [2.05, 4.69) is 26.9 Å². The van der Waals surface area contributed by atoms with Crippen LogP contribution in [-0.2, 0) is 6.42 Å². The number of amides is 1. The van der Waals surface area contributed by atoms with Gasteiger partial charge in [-0.3, -0.25) is 4.79 Å². The molecule has 0 radical (unpaired) electrons. The van der Waals surface area contributed by atoms with E-state index in [9.17, 15) is 4.79 Å². The number of hydrogen-bond acceptors (Lipinski definition) is 5. The van der Waals surface area contributed by atoms with Gasteiger partial charge in [-0.2, -0.15) is 0 Å². The van der Waals surface area contributed by atoms with Gasteiger partial charge in [0.25, 0.3) is 5.91 Å². The zero-order chi connectivity index (χ0) is 21.8. The first-order valence-corrected chi connectivity index (χ1v) is 11.1. The zero-order valence-electron chi connectivity index (χ0n) is 17.8. The Morgan fingerprint density at radius 2 is 1.87 bits per heavy atom. The maximum absolute atomic E-state index is 13.8. The molecule has 2 atom stereocenters. The molecule has 4 rings (SSSR count). The van der Waals surface area contributed by atoms with Crippen LogP contribution in [0.15, 0.2) is 49.1 Å². The van der Waals surface area contributed by atoms with E-state index in [1.54, 1.807) is 30.9 Å². The van der Waals surface area contributed by atoms with Crippen molar-refractivity contribution in [2.24, 2.45) is 5.92 Å². The molecule has 6 nitrogen and oxygen atoms in total. The lowest BCUT2D eigenvalue weighted by Crippen LogP contribution is -2.48. The van der Waals surface area contributed by atoms with E-state index in [0.717, 1.165) is 42.8 Å². The van der Waals surface area contributed by atoms with Gasteiger partial charge in [0.05, 0.1) is 10.6 Å². The molecule has 1 aromatic carbocycles. The summed E-state index contributed by atoms with van der Waals surface area (Å²) in [5.74, 6) is 1.79. The quantitative estimate of drug-likeness (QED) is 0.577. The van der Waals surface area contributed by atoms with E-state index < -0.39 is 0 Å². The Morgan fingerprint density at radius 1 is 1.13 bits per heavy atom. The van der Waals surface area contributed by atoms with Gasteiger partial charge < -0.3 is 4.90 Å². The maximum Gasteiger partial charge on any atom is 0.254 e.